The molecule has 142 valence electrons. The third-order valence-electron chi connectivity index (χ3n) is 4.24. The summed E-state index contributed by atoms with van der Waals surface area (Å²) in [4.78, 5) is 38.1. The molecule has 0 bridgehead atoms. The molecule has 1 aliphatic heterocycles. The molecule has 0 spiro atoms. The molecule has 2 N–H and O–H groups in total. The highest BCUT2D eigenvalue weighted by molar-refractivity contribution is 8.00. The Kier molecular flexibility index (Phi) is 7.93. The normalized spacial score (nSPS) is 14.9. The van der Waals surface area contributed by atoms with Crippen molar-refractivity contribution in [3.63, 3.8) is 0 Å². The number of aliphatic carboxylic acids is 1. The molecule has 1 heterocycles. The van der Waals surface area contributed by atoms with Gasteiger partial charge in [-0.15, -0.1) is 11.8 Å². The van der Waals surface area contributed by atoms with Crippen molar-refractivity contribution in [3.05, 3.63) is 29.8 Å². The Hall–Kier alpha value is -2.06. The third-order valence-corrected chi connectivity index (χ3v) is 5.31. The average Bonchev–Trinajstić information content (AvgIpc) is 2.66. The Balaban J connectivity index is 1.94. The standard InChI is InChI=1S/C18H24N2O5S/c1-25-11-8-19-16(21)12-26-15-5-3-2-4-14(15)17(22)20-9-6-13(7-10-20)18(23)24/h2-5,13H,6-12H2,1H3,(H,19,21)(H,23,24). The van der Waals surface area contributed by atoms with Crippen molar-refractivity contribution in [1.82, 2.24) is 10.2 Å². The van der Waals surface area contributed by atoms with Gasteiger partial charge >= 0.3 is 5.97 Å². The van der Waals surface area contributed by atoms with Crippen molar-refractivity contribution in [2.75, 3.05) is 39.1 Å². The summed E-state index contributed by atoms with van der Waals surface area (Å²) in [6.45, 7) is 1.78. The maximum atomic E-state index is 12.8. The molecule has 2 amide bonds. The molecule has 1 saturated heterocycles. The third kappa shape index (κ3) is 5.74. The molecule has 0 atom stereocenters. The minimum Gasteiger partial charge on any atom is -0.481 e. The maximum Gasteiger partial charge on any atom is 0.306 e. The van der Waals surface area contributed by atoms with Gasteiger partial charge in [-0.3, -0.25) is 14.4 Å². The van der Waals surface area contributed by atoms with Gasteiger partial charge in [0, 0.05) is 31.6 Å². The molecule has 26 heavy (non-hydrogen) atoms. The summed E-state index contributed by atoms with van der Waals surface area (Å²) in [6.07, 6.45) is 0.941. The lowest BCUT2D eigenvalue weighted by Crippen LogP contribution is -2.40. The zero-order valence-corrected chi connectivity index (χ0v) is 15.6. The van der Waals surface area contributed by atoms with Crippen molar-refractivity contribution in [2.45, 2.75) is 17.7 Å². The topological polar surface area (TPSA) is 95.9 Å². The molecule has 1 aliphatic rings. The summed E-state index contributed by atoms with van der Waals surface area (Å²) in [7, 11) is 1.57. The van der Waals surface area contributed by atoms with Crippen LogP contribution in [0.1, 0.15) is 23.2 Å². The number of likely N-dealkylation sites (tertiary alicyclic amines) is 1. The predicted octanol–water partition coefficient (Wildman–Crippen LogP) is 1.48. The number of nitrogens with zero attached hydrogens (tertiary/aromatic N) is 1. The van der Waals surface area contributed by atoms with Crippen LogP contribution in [-0.4, -0.2) is 66.9 Å². The SMILES string of the molecule is COCCNC(=O)CSc1ccccc1C(=O)N1CCC(C(=O)O)CC1. The summed E-state index contributed by atoms with van der Waals surface area (Å²) in [5.41, 5.74) is 0.552. The second kappa shape index (κ2) is 10.2. The molecule has 1 aromatic carbocycles. The largest absolute Gasteiger partial charge is 0.481 e. The molecule has 1 fully saturated rings. The molecular weight excluding hydrogens is 356 g/mol. The van der Waals surface area contributed by atoms with E-state index in [1.54, 1.807) is 24.1 Å². The van der Waals surface area contributed by atoms with Gasteiger partial charge in [-0.05, 0) is 25.0 Å². The second-order valence-electron chi connectivity index (χ2n) is 6.03. The molecule has 0 saturated carbocycles. The van der Waals surface area contributed by atoms with Crippen molar-refractivity contribution in [1.29, 1.82) is 0 Å². The van der Waals surface area contributed by atoms with Crippen LogP contribution >= 0.6 is 11.8 Å². The Morgan fingerprint density at radius 2 is 1.96 bits per heavy atom. The van der Waals surface area contributed by atoms with Gasteiger partial charge in [-0.2, -0.15) is 0 Å². The number of carbonyl (C=O) groups excluding carboxylic acids is 2. The fourth-order valence-corrected chi connectivity index (χ4v) is 3.63. The van der Waals surface area contributed by atoms with Gasteiger partial charge in [0.2, 0.25) is 5.91 Å². The summed E-state index contributed by atoms with van der Waals surface area (Å²) in [6, 6.07) is 7.19. The van der Waals surface area contributed by atoms with Gasteiger partial charge in [0.05, 0.1) is 23.8 Å². The van der Waals surface area contributed by atoms with Gasteiger partial charge < -0.3 is 20.1 Å². The number of hydrogen-bond acceptors (Lipinski definition) is 5. The number of benzene rings is 1. The van der Waals surface area contributed by atoms with Crippen LogP contribution in [0.5, 0.6) is 0 Å². The number of piperidine rings is 1. The fraction of sp³-hybridized carbons (Fsp3) is 0.500. The lowest BCUT2D eigenvalue weighted by molar-refractivity contribution is -0.143. The van der Waals surface area contributed by atoms with Crippen molar-refractivity contribution in [3.8, 4) is 0 Å². The first-order valence-corrected chi connectivity index (χ1v) is 9.51. The minimum atomic E-state index is -0.799. The first kappa shape index (κ1) is 20.3. The van der Waals surface area contributed by atoms with E-state index in [0.717, 1.165) is 4.90 Å². The highest BCUT2D eigenvalue weighted by Gasteiger charge is 2.28. The summed E-state index contributed by atoms with van der Waals surface area (Å²) in [5, 5.41) is 11.8. The van der Waals surface area contributed by atoms with Crippen molar-refractivity contribution in [2.24, 2.45) is 5.92 Å². The Morgan fingerprint density at radius 3 is 2.62 bits per heavy atom. The van der Waals surface area contributed by atoms with Crippen LogP contribution in [0.25, 0.3) is 0 Å². The predicted molar refractivity (Wildman–Crippen MR) is 98.3 cm³/mol. The van der Waals surface area contributed by atoms with Crippen LogP contribution in [0.4, 0.5) is 0 Å². The van der Waals surface area contributed by atoms with E-state index >= 15 is 0 Å². The first-order valence-electron chi connectivity index (χ1n) is 8.52. The summed E-state index contributed by atoms with van der Waals surface area (Å²) >= 11 is 1.32. The monoisotopic (exact) mass is 380 g/mol. The van der Waals surface area contributed by atoms with E-state index in [1.807, 2.05) is 12.1 Å². The maximum absolute atomic E-state index is 12.8. The number of carboxylic acids is 1. The van der Waals surface area contributed by atoms with E-state index in [0.29, 0.717) is 44.6 Å². The van der Waals surface area contributed by atoms with Gasteiger partial charge in [0.15, 0.2) is 0 Å². The van der Waals surface area contributed by atoms with E-state index in [1.165, 1.54) is 11.8 Å². The Labute approximate surface area is 157 Å². The van der Waals surface area contributed by atoms with Crippen LogP contribution in [0.15, 0.2) is 29.2 Å². The smallest absolute Gasteiger partial charge is 0.306 e. The molecule has 0 aliphatic carbocycles. The lowest BCUT2D eigenvalue weighted by atomic mass is 9.96. The van der Waals surface area contributed by atoms with Gasteiger partial charge in [-0.1, -0.05) is 12.1 Å². The Bertz CT molecular complexity index is 644. The minimum absolute atomic E-state index is 0.114. The van der Waals surface area contributed by atoms with Crippen LogP contribution in [0.2, 0.25) is 0 Å². The van der Waals surface area contributed by atoms with Gasteiger partial charge in [0.1, 0.15) is 0 Å². The number of methoxy groups -OCH3 is 1. The summed E-state index contributed by atoms with van der Waals surface area (Å²) in [5.74, 6) is -1.19. The van der Waals surface area contributed by atoms with E-state index in [-0.39, 0.29) is 23.5 Å². The number of ether oxygens (including phenoxy) is 1. The molecule has 7 nitrogen and oxygen atoms in total. The van der Waals surface area contributed by atoms with E-state index in [9.17, 15) is 14.4 Å². The van der Waals surface area contributed by atoms with E-state index in [2.05, 4.69) is 5.32 Å². The quantitative estimate of drug-likeness (QED) is 0.524. The molecule has 0 aromatic heterocycles. The van der Waals surface area contributed by atoms with E-state index < -0.39 is 5.97 Å². The number of carbonyl (C=O) groups is 3. The highest BCUT2D eigenvalue weighted by Crippen LogP contribution is 2.26. The number of hydrogen-bond donors (Lipinski definition) is 2. The fourth-order valence-electron chi connectivity index (χ4n) is 2.76. The van der Waals surface area contributed by atoms with E-state index in [4.69, 9.17) is 9.84 Å². The van der Waals surface area contributed by atoms with Crippen molar-refractivity contribution < 1.29 is 24.2 Å². The number of carboxylic acid groups (broad SMARTS) is 1. The molecule has 8 heteroatoms. The first-order chi connectivity index (χ1) is 12.5. The highest BCUT2D eigenvalue weighted by atomic mass is 32.2. The van der Waals surface area contributed by atoms with Crippen LogP contribution in [-0.2, 0) is 14.3 Å². The number of amides is 2. The molecular formula is C18H24N2O5S. The average molecular weight is 380 g/mol. The zero-order valence-electron chi connectivity index (χ0n) is 14.8. The lowest BCUT2D eigenvalue weighted by Gasteiger charge is -2.30. The van der Waals surface area contributed by atoms with Crippen LogP contribution in [0, 0.1) is 5.92 Å². The van der Waals surface area contributed by atoms with Crippen LogP contribution in [0.3, 0.4) is 0 Å². The van der Waals surface area contributed by atoms with Gasteiger partial charge in [0.25, 0.3) is 5.91 Å². The molecule has 0 radical (unpaired) electrons. The Morgan fingerprint density at radius 1 is 1.27 bits per heavy atom. The van der Waals surface area contributed by atoms with Gasteiger partial charge in [-0.25, -0.2) is 0 Å². The molecule has 2 rings (SSSR count). The number of rotatable bonds is 8. The molecule has 0 unspecified atom stereocenters. The van der Waals surface area contributed by atoms with Crippen LogP contribution < -0.4 is 5.32 Å². The molecule has 1 aromatic rings. The van der Waals surface area contributed by atoms with Crippen molar-refractivity contribution >= 4 is 29.5 Å². The number of thioether (sulfide) groups is 1. The summed E-state index contributed by atoms with van der Waals surface area (Å²) < 4.78 is 4.89. The zero-order chi connectivity index (χ0) is 18.9. The number of nitrogens with one attached hydrogen (secondary N) is 1. The second-order valence-corrected chi connectivity index (χ2v) is 7.05.